The van der Waals surface area contributed by atoms with E-state index in [1.54, 1.807) is 7.11 Å². The maximum Gasteiger partial charge on any atom is 0.122 e. The van der Waals surface area contributed by atoms with Crippen LogP contribution in [-0.2, 0) is 0 Å². The molecule has 0 aliphatic heterocycles. The third kappa shape index (κ3) is 3.24. The molecule has 0 fully saturated rings. The van der Waals surface area contributed by atoms with Crippen LogP contribution in [0.2, 0.25) is 0 Å². The Morgan fingerprint density at radius 2 is 2.13 bits per heavy atom. The van der Waals surface area contributed by atoms with E-state index < -0.39 is 0 Å². The molecule has 0 heterocycles. The van der Waals surface area contributed by atoms with E-state index in [-0.39, 0.29) is 6.61 Å². The molecule has 0 aliphatic rings. The number of rotatable bonds is 5. The van der Waals surface area contributed by atoms with Gasteiger partial charge in [-0.3, -0.25) is 0 Å². The number of aliphatic hydroxyl groups is 1. The van der Waals surface area contributed by atoms with E-state index in [1.165, 1.54) is 5.56 Å². The molecule has 0 amide bonds. The summed E-state index contributed by atoms with van der Waals surface area (Å²) in [6.07, 6.45) is 1.88. The minimum absolute atomic E-state index is 0.271. The molecule has 1 aromatic carbocycles. The number of benzene rings is 1. The standard InChI is InChI=1S/C13H20O2/c1-10(5-4-8-14)12-7-6-11(2)13(9-12)15-3/h6-7,9-10,14H,4-5,8H2,1-3H3. The monoisotopic (exact) mass is 208 g/mol. The van der Waals surface area contributed by atoms with Crippen LogP contribution in [0.1, 0.15) is 36.8 Å². The van der Waals surface area contributed by atoms with Gasteiger partial charge in [-0.25, -0.2) is 0 Å². The molecule has 15 heavy (non-hydrogen) atoms. The lowest BCUT2D eigenvalue weighted by Gasteiger charge is -2.13. The summed E-state index contributed by atoms with van der Waals surface area (Å²) in [7, 11) is 1.70. The molecule has 1 N–H and O–H groups in total. The van der Waals surface area contributed by atoms with Crippen molar-refractivity contribution in [1.82, 2.24) is 0 Å². The van der Waals surface area contributed by atoms with Gasteiger partial charge in [0, 0.05) is 6.61 Å². The number of hydrogen-bond donors (Lipinski definition) is 1. The van der Waals surface area contributed by atoms with Crippen molar-refractivity contribution in [3.05, 3.63) is 29.3 Å². The van der Waals surface area contributed by atoms with Crippen LogP contribution in [0.15, 0.2) is 18.2 Å². The topological polar surface area (TPSA) is 29.5 Å². The van der Waals surface area contributed by atoms with Crippen LogP contribution in [0.5, 0.6) is 5.75 Å². The summed E-state index contributed by atoms with van der Waals surface area (Å²) in [5.41, 5.74) is 2.45. The molecule has 0 spiro atoms. The summed E-state index contributed by atoms with van der Waals surface area (Å²) in [4.78, 5) is 0. The van der Waals surface area contributed by atoms with Gasteiger partial charge in [-0.1, -0.05) is 19.1 Å². The van der Waals surface area contributed by atoms with Gasteiger partial charge in [0.1, 0.15) is 5.75 Å². The van der Waals surface area contributed by atoms with Crippen molar-refractivity contribution in [2.24, 2.45) is 0 Å². The number of methoxy groups -OCH3 is 1. The summed E-state index contributed by atoms with van der Waals surface area (Å²) >= 11 is 0. The Bertz CT molecular complexity index is 307. The number of ether oxygens (including phenoxy) is 1. The largest absolute Gasteiger partial charge is 0.496 e. The third-order valence-corrected chi connectivity index (χ3v) is 2.80. The molecule has 1 unspecified atom stereocenters. The molecule has 0 saturated carbocycles. The smallest absolute Gasteiger partial charge is 0.122 e. The Balaban J connectivity index is 2.76. The highest BCUT2D eigenvalue weighted by atomic mass is 16.5. The molecule has 0 radical (unpaired) electrons. The van der Waals surface area contributed by atoms with E-state index in [9.17, 15) is 0 Å². The van der Waals surface area contributed by atoms with Crippen LogP contribution in [-0.4, -0.2) is 18.8 Å². The Kier molecular flexibility index (Phi) is 4.63. The second-order valence-corrected chi connectivity index (χ2v) is 4.00. The predicted molar refractivity (Wildman–Crippen MR) is 62.5 cm³/mol. The van der Waals surface area contributed by atoms with Gasteiger partial charge in [0.05, 0.1) is 7.11 Å². The molecular weight excluding hydrogens is 188 g/mol. The molecule has 2 nitrogen and oxygen atoms in total. The number of aryl methyl sites for hydroxylation is 1. The molecule has 1 aromatic rings. The first-order valence-corrected chi connectivity index (χ1v) is 5.44. The average molecular weight is 208 g/mol. The zero-order chi connectivity index (χ0) is 11.3. The van der Waals surface area contributed by atoms with Crippen molar-refractivity contribution in [2.45, 2.75) is 32.6 Å². The van der Waals surface area contributed by atoms with Crippen LogP contribution in [0.4, 0.5) is 0 Å². The van der Waals surface area contributed by atoms with Gasteiger partial charge in [-0.2, -0.15) is 0 Å². The molecule has 0 saturated heterocycles. The molecule has 84 valence electrons. The summed E-state index contributed by atoms with van der Waals surface area (Å²) in [5, 5.41) is 8.78. The Morgan fingerprint density at radius 1 is 1.40 bits per heavy atom. The minimum Gasteiger partial charge on any atom is -0.496 e. The van der Waals surface area contributed by atoms with Crippen molar-refractivity contribution >= 4 is 0 Å². The summed E-state index contributed by atoms with van der Waals surface area (Å²) in [6, 6.07) is 6.32. The Hall–Kier alpha value is -1.02. The summed E-state index contributed by atoms with van der Waals surface area (Å²) in [6.45, 7) is 4.49. The molecule has 0 aliphatic carbocycles. The highest BCUT2D eigenvalue weighted by molar-refractivity contribution is 5.37. The third-order valence-electron chi connectivity index (χ3n) is 2.80. The molecule has 1 atom stereocenters. The van der Waals surface area contributed by atoms with Crippen molar-refractivity contribution in [1.29, 1.82) is 0 Å². The van der Waals surface area contributed by atoms with Gasteiger partial charge in [0.2, 0.25) is 0 Å². The fourth-order valence-electron chi connectivity index (χ4n) is 1.71. The molecular formula is C13H20O2. The van der Waals surface area contributed by atoms with E-state index in [0.717, 1.165) is 24.2 Å². The van der Waals surface area contributed by atoms with Crippen molar-refractivity contribution in [2.75, 3.05) is 13.7 Å². The van der Waals surface area contributed by atoms with E-state index in [1.807, 2.05) is 6.92 Å². The fraction of sp³-hybridized carbons (Fsp3) is 0.538. The van der Waals surface area contributed by atoms with Crippen molar-refractivity contribution in [3.8, 4) is 5.75 Å². The second-order valence-electron chi connectivity index (χ2n) is 4.00. The first kappa shape index (κ1) is 12.1. The van der Waals surface area contributed by atoms with E-state index >= 15 is 0 Å². The number of hydrogen-bond acceptors (Lipinski definition) is 2. The highest BCUT2D eigenvalue weighted by Crippen LogP contribution is 2.26. The number of aliphatic hydroxyl groups excluding tert-OH is 1. The SMILES string of the molecule is COc1cc(C(C)CCCO)ccc1C. The van der Waals surface area contributed by atoms with Gasteiger partial charge >= 0.3 is 0 Å². The predicted octanol–water partition coefficient (Wildman–Crippen LogP) is 2.88. The zero-order valence-electron chi connectivity index (χ0n) is 9.79. The lowest BCUT2D eigenvalue weighted by molar-refractivity contribution is 0.280. The first-order valence-electron chi connectivity index (χ1n) is 5.44. The van der Waals surface area contributed by atoms with E-state index in [0.29, 0.717) is 5.92 Å². The maximum absolute atomic E-state index is 8.78. The Morgan fingerprint density at radius 3 is 2.73 bits per heavy atom. The van der Waals surface area contributed by atoms with Crippen LogP contribution < -0.4 is 4.74 Å². The summed E-state index contributed by atoms with van der Waals surface area (Å²) < 4.78 is 5.29. The second kappa shape index (κ2) is 5.76. The molecule has 0 aromatic heterocycles. The molecule has 1 rings (SSSR count). The summed E-state index contributed by atoms with van der Waals surface area (Å²) in [5.74, 6) is 1.43. The van der Waals surface area contributed by atoms with E-state index in [4.69, 9.17) is 9.84 Å². The van der Waals surface area contributed by atoms with E-state index in [2.05, 4.69) is 25.1 Å². The average Bonchev–Trinajstić information content (AvgIpc) is 2.26. The highest BCUT2D eigenvalue weighted by Gasteiger charge is 2.07. The van der Waals surface area contributed by atoms with Crippen LogP contribution in [0.3, 0.4) is 0 Å². The van der Waals surface area contributed by atoms with Gasteiger partial charge in [0.25, 0.3) is 0 Å². The lowest BCUT2D eigenvalue weighted by Crippen LogP contribution is -1.97. The van der Waals surface area contributed by atoms with Gasteiger partial charge in [-0.15, -0.1) is 0 Å². The zero-order valence-corrected chi connectivity index (χ0v) is 9.79. The van der Waals surface area contributed by atoms with Crippen LogP contribution in [0.25, 0.3) is 0 Å². The maximum atomic E-state index is 8.78. The molecule has 0 bridgehead atoms. The normalized spacial score (nSPS) is 12.5. The van der Waals surface area contributed by atoms with Gasteiger partial charge in [-0.05, 0) is 42.9 Å². The lowest BCUT2D eigenvalue weighted by atomic mass is 9.95. The molecule has 2 heteroatoms. The van der Waals surface area contributed by atoms with Crippen molar-refractivity contribution < 1.29 is 9.84 Å². The minimum atomic E-state index is 0.271. The van der Waals surface area contributed by atoms with Crippen LogP contribution in [0, 0.1) is 6.92 Å². The Labute approximate surface area is 91.9 Å². The van der Waals surface area contributed by atoms with Gasteiger partial charge < -0.3 is 9.84 Å². The van der Waals surface area contributed by atoms with Crippen LogP contribution >= 0.6 is 0 Å². The quantitative estimate of drug-likeness (QED) is 0.806. The first-order chi connectivity index (χ1) is 7.19. The van der Waals surface area contributed by atoms with Gasteiger partial charge in [0.15, 0.2) is 0 Å². The van der Waals surface area contributed by atoms with Crippen molar-refractivity contribution in [3.63, 3.8) is 0 Å². The fourth-order valence-corrected chi connectivity index (χ4v) is 1.71.